The quantitative estimate of drug-likeness (QED) is 0.776. The van der Waals surface area contributed by atoms with Gasteiger partial charge < -0.3 is 10.4 Å². The molecule has 0 aromatic carbocycles. The number of carboxylic acids is 1. The monoisotopic (exact) mass is 281 g/mol. The van der Waals surface area contributed by atoms with Crippen LogP contribution in [0.5, 0.6) is 0 Å². The van der Waals surface area contributed by atoms with E-state index in [9.17, 15) is 9.90 Å². The van der Waals surface area contributed by atoms with Crippen molar-refractivity contribution in [3.63, 3.8) is 0 Å². The summed E-state index contributed by atoms with van der Waals surface area (Å²) >= 11 is 1.65. The predicted molar refractivity (Wildman–Crippen MR) is 74.2 cm³/mol. The second-order valence-corrected chi connectivity index (χ2v) is 6.16. The van der Waals surface area contributed by atoms with Gasteiger partial charge in [0.15, 0.2) is 0 Å². The highest BCUT2D eigenvalue weighted by molar-refractivity contribution is 7.99. The lowest BCUT2D eigenvalue weighted by atomic mass is 9.98. The third-order valence-electron chi connectivity index (χ3n) is 3.43. The summed E-state index contributed by atoms with van der Waals surface area (Å²) in [5, 5.41) is 13.9. The molecule has 1 aromatic rings. The van der Waals surface area contributed by atoms with Gasteiger partial charge in [0.25, 0.3) is 0 Å². The van der Waals surface area contributed by atoms with Crippen molar-refractivity contribution in [2.75, 3.05) is 6.54 Å². The molecule has 0 amide bonds. The van der Waals surface area contributed by atoms with Gasteiger partial charge in [0, 0.05) is 11.4 Å². The molecule has 1 fully saturated rings. The van der Waals surface area contributed by atoms with Gasteiger partial charge in [-0.1, -0.05) is 6.92 Å². The van der Waals surface area contributed by atoms with E-state index < -0.39 is 11.5 Å². The van der Waals surface area contributed by atoms with Crippen LogP contribution in [0.4, 0.5) is 0 Å². The van der Waals surface area contributed by atoms with Crippen molar-refractivity contribution in [2.45, 2.75) is 48.4 Å². The SMILES string of the molecule is CCCNC1(C(=O)O)CCC(Sc2ccncn2)C1. The van der Waals surface area contributed by atoms with Crippen LogP contribution in [0.15, 0.2) is 23.6 Å². The van der Waals surface area contributed by atoms with Crippen LogP contribution in [0, 0.1) is 0 Å². The summed E-state index contributed by atoms with van der Waals surface area (Å²) in [5.41, 5.74) is -0.749. The molecule has 19 heavy (non-hydrogen) atoms. The first-order valence-electron chi connectivity index (χ1n) is 6.57. The van der Waals surface area contributed by atoms with Crippen LogP contribution in [-0.2, 0) is 4.79 Å². The molecule has 6 heteroatoms. The van der Waals surface area contributed by atoms with Gasteiger partial charge in [-0.05, 0) is 38.3 Å². The molecular weight excluding hydrogens is 262 g/mol. The Balaban J connectivity index is 1.98. The van der Waals surface area contributed by atoms with Gasteiger partial charge in [-0.3, -0.25) is 4.79 Å². The van der Waals surface area contributed by atoms with E-state index in [4.69, 9.17) is 0 Å². The minimum absolute atomic E-state index is 0.301. The molecule has 0 radical (unpaired) electrons. The van der Waals surface area contributed by atoms with Crippen LogP contribution >= 0.6 is 11.8 Å². The van der Waals surface area contributed by atoms with Crippen LogP contribution in [0.2, 0.25) is 0 Å². The maximum Gasteiger partial charge on any atom is 0.323 e. The normalized spacial score (nSPS) is 26.5. The van der Waals surface area contributed by atoms with E-state index in [2.05, 4.69) is 15.3 Å². The predicted octanol–water partition coefficient (Wildman–Crippen LogP) is 1.94. The summed E-state index contributed by atoms with van der Waals surface area (Å²) in [5.74, 6) is -0.730. The molecule has 1 aromatic heterocycles. The molecule has 0 spiro atoms. The number of aromatic nitrogens is 2. The molecule has 104 valence electrons. The summed E-state index contributed by atoms with van der Waals surface area (Å²) < 4.78 is 0. The van der Waals surface area contributed by atoms with Crippen LogP contribution in [0.1, 0.15) is 32.6 Å². The third kappa shape index (κ3) is 3.45. The number of hydrogen-bond donors (Lipinski definition) is 2. The lowest BCUT2D eigenvalue weighted by molar-refractivity contribution is -0.144. The molecule has 2 atom stereocenters. The number of thioether (sulfide) groups is 1. The first kappa shape index (κ1) is 14.3. The molecule has 0 saturated heterocycles. The Hall–Kier alpha value is -1.14. The molecule has 1 heterocycles. The second kappa shape index (κ2) is 6.34. The van der Waals surface area contributed by atoms with Gasteiger partial charge in [-0.15, -0.1) is 11.8 Å². The van der Waals surface area contributed by atoms with Crippen molar-refractivity contribution in [3.05, 3.63) is 18.6 Å². The lowest BCUT2D eigenvalue weighted by Gasteiger charge is -2.25. The van der Waals surface area contributed by atoms with E-state index in [1.807, 2.05) is 13.0 Å². The lowest BCUT2D eigenvalue weighted by Crippen LogP contribution is -2.50. The summed E-state index contributed by atoms with van der Waals surface area (Å²) in [6.45, 7) is 2.79. The Kier molecular flexibility index (Phi) is 4.76. The van der Waals surface area contributed by atoms with Gasteiger partial charge in [-0.2, -0.15) is 0 Å². The largest absolute Gasteiger partial charge is 0.480 e. The molecule has 1 saturated carbocycles. The Morgan fingerprint density at radius 2 is 2.53 bits per heavy atom. The molecule has 1 aliphatic rings. The van der Waals surface area contributed by atoms with Crippen molar-refractivity contribution in [1.82, 2.24) is 15.3 Å². The number of carboxylic acid groups (broad SMARTS) is 1. The summed E-state index contributed by atoms with van der Waals surface area (Å²) in [6.07, 6.45) is 6.42. The van der Waals surface area contributed by atoms with E-state index in [0.29, 0.717) is 18.1 Å². The van der Waals surface area contributed by atoms with Crippen molar-refractivity contribution < 1.29 is 9.90 Å². The maximum atomic E-state index is 11.5. The minimum atomic E-state index is -0.749. The standard InChI is InChI=1S/C13H19N3O2S/c1-2-6-16-13(12(17)18)5-3-10(8-13)19-11-4-7-14-9-15-11/h4,7,9-10,16H,2-3,5-6,8H2,1H3,(H,17,18). The van der Waals surface area contributed by atoms with Gasteiger partial charge >= 0.3 is 5.97 Å². The molecule has 2 N–H and O–H groups in total. The second-order valence-electron chi connectivity index (χ2n) is 4.84. The van der Waals surface area contributed by atoms with Gasteiger partial charge in [0.1, 0.15) is 11.9 Å². The van der Waals surface area contributed by atoms with E-state index in [-0.39, 0.29) is 0 Å². The molecule has 0 bridgehead atoms. The van der Waals surface area contributed by atoms with E-state index in [1.165, 1.54) is 6.33 Å². The number of hydrogen-bond acceptors (Lipinski definition) is 5. The van der Waals surface area contributed by atoms with Crippen LogP contribution < -0.4 is 5.32 Å². The summed E-state index contributed by atoms with van der Waals surface area (Å²) in [4.78, 5) is 19.6. The molecule has 0 aliphatic heterocycles. The van der Waals surface area contributed by atoms with Crippen LogP contribution in [0.3, 0.4) is 0 Å². The Bertz CT molecular complexity index is 429. The molecular formula is C13H19N3O2S. The Morgan fingerprint density at radius 1 is 1.68 bits per heavy atom. The number of nitrogens with one attached hydrogen (secondary N) is 1. The van der Waals surface area contributed by atoms with E-state index in [1.54, 1.807) is 18.0 Å². The zero-order valence-corrected chi connectivity index (χ0v) is 11.8. The Morgan fingerprint density at radius 3 is 3.16 bits per heavy atom. The first-order valence-corrected chi connectivity index (χ1v) is 7.45. The van der Waals surface area contributed by atoms with Crippen molar-refractivity contribution in [2.24, 2.45) is 0 Å². The van der Waals surface area contributed by atoms with Gasteiger partial charge in [0.05, 0.1) is 5.03 Å². The molecule has 2 unspecified atom stereocenters. The highest BCUT2D eigenvalue weighted by Gasteiger charge is 2.45. The minimum Gasteiger partial charge on any atom is -0.480 e. The zero-order chi connectivity index (χ0) is 13.7. The zero-order valence-electron chi connectivity index (χ0n) is 11.0. The maximum absolute atomic E-state index is 11.5. The smallest absolute Gasteiger partial charge is 0.323 e. The molecule has 1 aliphatic carbocycles. The number of carbonyl (C=O) groups is 1. The average Bonchev–Trinajstić information content (AvgIpc) is 2.82. The molecule has 2 rings (SSSR count). The van der Waals surface area contributed by atoms with Gasteiger partial charge in [-0.25, -0.2) is 9.97 Å². The first-order chi connectivity index (χ1) is 9.16. The Labute approximate surface area is 117 Å². The third-order valence-corrected chi connectivity index (χ3v) is 4.65. The van der Waals surface area contributed by atoms with Crippen molar-refractivity contribution >= 4 is 17.7 Å². The van der Waals surface area contributed by atoms with Crippen LogP contribution in [-0.4, -0.2) is 38.4 Å². The topological polar surface area (TPSA) is 75.1 Å². The van der Waals surface area contributed by atoms with Crippen molar-refractivity contribution in [3.8, 4) is 0 Å². The summed E-state index contributed by atoms with van der Waals surface area (Å²) in [7, 11) is 0. The number of nitrogens with zero attached hydrogens (tertiary/aromatic N) is 2. The number of rotatable bonds is 6. The highest BCUT2D eigenvalue weighted by atomic mass is 32.2. The summed E-state index contributed by atoms with van der Waals surface area (Å²) in [6, 6.07) is 1.87. The van der Waals surface area contributed by atoms with Crippen LogP contribution in [0.25, 0.3) is 0 Å². The fourth-order valence-corrected chi connectivity index (χ4v) is 3.61. The number of aliphatic carboxylic acids is 1. The van der Waals surface area contributed by atoms with Gasteiger partial charge in [0.2, 0.25) is 0 Å². The highest BCUT2D eigenvalue weighted by Crippen LogP contribution is 2.39. The fraction of sp³-hybridized carbons (Fsp3) is 0.615. The average molecular weight is 281 g/mol. The van der Waals surface area contributed by atoms with E-state index in [0.717, 1.165) is 24.4 Å². The van der Waals surface area contributed by atoms with E-state index >= 15 is 0 Å². The molecule has 5 nitrogen and oxygen atoms in total. The van der Waals surface area contributed by atoms with Crippen molar-refractivity contribution in [1.29, 1.82) is 0 Å². The fourth-order valence-electron chi connectivity index (χ4n) is 2.41.